The van der Waals surface area contributed by atoms with Crippen LogP contribution in [0.4, 0.5) is 11.4 Å². The Morgan fingerprint density at radius 2 is 1.67 bits per heavy atom. The highest BCUT2D eigenvalue weighted by molar-refractivity contribution is 6.32. The summed E-state index contributed by atoms with van der Waals surface area (Å²) in [4.78, 5) is 29.8. The van der Waals surface area contributed by atoms with Gasteiger partial charge in [-0.05, 0) is 48.0 Å². The van der Waals surface area contributed by atoms with Gasteiger partial charge in [-0.1, -0.05) is 48.0 Å². The Morgan fingerprint density at radius 1 is 0.939 bits per heavy atom. The van der Waals surface area contributed by atoms with Gasteiger partial charge in [0.15, 0.2) is 11.5 Å². The molecule has 0 aromatic heterocycles. The lowest BCUT2D eigenvalue weighted by Crippen LogP contribution is -2.48. The van der Waals surface area contributed by atoms with Gasteiger partial charge in [-0.3, -0.25) is 9.59 Å². The first-order chi connectivity index (χ1) is 16.1. The number of benzene rings is 3. The number of piperazine rings is 1. The first-order valence-electron chi connectivity index (χ1n) is 10.8. The summed E-state index contributed by atoms with van der Waals surface area (Å²) in [5.41, 5.74) is 2.85. The van der Waals surface area contributed by atoms with E-state index in [1.807, 2.05) is 35.2 Å². The third-order valence-electron chi connectivity index (χ3n) is 5.80. The molecule has 1 N–H and O–H groups in total. The van der Waals surface area contributed by atoms with E-state index < -0.39 is 0 Å². The number of halogens is 1. The normalized spacial score (nSPS) is 16.8. The summed E-state index contributed by atoms with van der Waals surface area (Å²) < 4.78 is 5.81. The minimum Gasteiger partial charge on any atom is -0.449 e. The molecule has 7 heteroatoms. The molecule has 1 saturated heterocycles. The predicted octanol–water partition coefficient (Wildman–Crippen LogP) is 4.67. The Kier molecular flexibility index (Phi) is 5.75. The molecule has 0 atom stereocenters. The predicted molar refractivity (Wildman–Crippen MR) is 130 cm³/mol. The molecule has 166 valence electrons. The molecule has 0 unspecified atom stereocenters. The van der Waals surface area contributed by atoms with Gasteiger partial charge in [0.2, 0.25) is 0 Å². The first kappa shape index (κ1) is 21.1. The highest BCUT2D eigenvalue weighted by Crippen LogP contribution is 2.33. The van der Waals surface area contributed by atoms with Crippen LogP contribution < -0.4 is 15.0 Å². The molecule has 3 aromatic carbocycles. The highest BCUT2D eigenvalue weighted by Gasteiger charge is 2.26. The maximum Gasteiger partial charge on any atom is 0.291 e. The zero-order valence-corrected chi connectivity index (χ0v) is 18.6. The van der Waals surface area contributed by atoms with Gasteiger partial charge in [0, 0.05) is 42.5 Å². The standard InChI is InChI=1S/C26H22ClN3O3/c27-21-9-5-4-6-18(21)17-24-25(31)28-22-16-19(10-11-23(22)33-24)26(32)30-14-12-29(13-15-30)20-7-2-1-3-8-20/h1-11,16-17H,12-15H2,(H,28,31)/b24-17-. The van der Waals surface area contributed by atoms with Crippen molar-refractivity contribution in [2.75, 3.05) is 36.4 Å². The summed E-state index contributed by atoms with van der Waals surface area (Å²) in [6.07, 6.45) is 1.60. The number of anilines is 2. The van der Waals surface area contributed by atoms with Crippen LogP contribution in [0.5, 0.6) is 5.75 Å². The second-order valence-electron chi connectivity index (χ2n) is 7.91. The van der Waals surface area contributed by atoms with Gasteiger partial charge in [0.25, 0.3) is 11.8 Å². The number of carbonyl (C=O) groups is 2. The summed E-state index contributed by atoms with van der Waals surface area (Å²) in [7, 11) is 0. The summed E-state index contributed by atoms with van der Waals surface area (Å²) >= 11 is 6.19. The van der Waals surface area contributed by atoms with Gasteiger partial charge in [-0.2, -0.15) is 0 Å². The van der Waals surface area contributed by atoms with Crippen LogP contribution >= 0.6 is 11.6 Å². The van der Waals surface area contributed by atoms with Crippen LogP contribution in [0.25, 0.3) is 6.08 Å². The van der Waals surface area contributed by atoms with Crippen LogP contribution in [0.3, 0.4) is 0 Å². The third kappa shape index (κ3) is 4.43. The molecule has 2 heterocycles. The molecule has 0 aliphatic carbocycles. The zero-order chi connectivity index (χ0) is 22.8. The zero-order valence-electron chi connectivity index (χ0n) is 17.8. The van der Waals surface area contributed by atoms with E-state index in [4.69, 9.17) is 16.3 Å². The van der Waals surface area contributed by atoms with Crippen LogP contribution in [0, 0.1) is 0 Å². The number of fused-ring (bicyclic) bond motifs is 1. The van der Waals surface area contributed by atoms with Gasteiger partial charge in [0.1, 0.15) is 0 Å². The second-order valence-corrected chi connectivity index (χ2v) is 8.32. The molecule has 0 spiro atoms. The van der Waals surface area contributed by atoms with Crippen LogP contribution in [0.1, 0.15) is 15.9 Å². The van der Waals surface area contributed by atoms with Gasteiger partial charge in [0.05, 0.1) is 5.69 Å². The number of hydrogen-bond acceptors (Lipinski definition) is 4. The lowest BCUT2D eigenvalue weighted by atomic mass is 10.1. The maximum atomic E-state index is 13.1. The van der Waals surface area contributed by atoms with E-state index >= 15 is 0 Å². The Morgan fingerprint density at radius 3 is 2.42 bits per heavy atom. The molecule has 0 bridgehead atoms. The van der Waals surface area contributed by atoms with E-state index in [0.29, 0.717) is 40.7 Å². The van der Waals surface area contributed by atoms with Gasteiger partial charge in [-0.25, -0.2) is 0 Å². The van der Waals surface area contributed by atoms with E-state index in [9.17, 15) is 9.59 Å². The summed E-state index contributed by atoms with van der Waals surface area (Å²) in [5, 5.41) is 3.35. The van der Waals surface area contributed by atoms with Crippen molar-refractivity contribution >= 4 is 40.9 Å². The fourth-order valence-corrected chi connectivity index (χ4v) is 4.21. The molecule has 0 radical (unpaired) electrons. The fraction of sp³-hybridized carbons (Fsp3) is 0.154. The molecule has 5 rings (SSSR count). The number of carbonyl (C=O) groups excluding carboxylic acids is 2. The molecule has 1 fully saturated rings. The van der Waals surface area contributed by atoms with Crippen molar-refractivity contribution in [3.63, 3.8) is 0 Å². The van der Waals surface area contributed by atoms with E-state index in [-0.39, 0.29) is 17.6 Å². The van der Waals surface area contributed by atoms with Crippen LogP contribution in [-0.4, -0.2) is 42.9 Å². The first-order valence-corrected chi connectivity index (χ1v) is 11.1. The van der Waals surface area contributed by atoms with Crippen molar-refractivity contribution in [2.24, 2.45) is 0 Å². The Hall–Kier alpha value is -3.77. The second kappa shape index (κ2) is 9.00. The summed E-state index contributed by atoms with van der Waals surface area (Å²) in [6, 6.07) is 22.5. The molecule has 2 amide bonds. The fourth-order valence-electron chi connectivity index (χ4n) is 4.02. The average molecular weight is 460 g/mol. The van der Waals surface area contributed by atoms with Crippen molar-refractivity contribution < 1.29 is 14.3 Å². The van der Waals surface area contributed by atoms with Crippen molar-refractivity contribution in [2.45, 2.75) is 0 Å². The third-order valence-corrected chi connectivity index (χ3v) is 6.14. The molecule has 2 aliphatic rings. The molecule has 0 saturated carbocycles. The SMILES string of the molecule is O=C1Nc2cc(C(=O)N3CCN(c4ccccc4)CC3)ccc2O/C1=C\c1ccccc1Cl. The molecule has 2 aliphatic heterocycles. The molecule has 6 nitrogen and oxygen atoms in total. The van der Waals surface area contributed by atoms with Crippen LogP contribution in [0.15, 0.2) is 78.6 Å². The van der Waals surface area contributed by atoms with E-state index in [1.165, 1.54) is 5.69 Å². The van der Waals surface area contributed by atoms with Crippen LogP contribution in [0.2, 0.25) is 5.02 Å². The van der Waals surface area contributed by atoms with Crippen molar-refractivity contribution in [3.05, 3.63) is 94.7 Å². The number of nitrogens with zero attached hydrogens (tertiary/aromatic N) is 2. The number of nitrogens with one attached hydrogen (secondary N) is 1. The lowest BCUT2D eigenvalue weighted by molar-refractivity contribution is -0.115. The van der Waals surface area contributed by atoms with E-state index in [0.717, 1.165) is 13.1 Å². The monoisotopic (exact) mass is 459 g/mol. The lowest BCUT2D eigenvalue weighted by Gasteiger charge is -2.36. The quantitative estimate of drug-likeness (QED) is 0.578. The van der Waals surface area contributed by atoms with Crippen LogP contribution in [-0.2, 0) is 4.79 Å². The minimum atomic E-state index is -0.386. The Bertz CT molecular complexity index is 1230. The topological polar surface area (TPSA) is 61.9 Å². The number of amides is 2. The summed E-state index contributed by atoms with van der Waals surface area (Å²) in [5.74, 6) is 0.186. The van der Waals surface area contributed by atoms with Gasteiger partial charge in [-0.15, -0.1) is 0 Å². The molecule has 33 heavy (non-hydrogen) atoms. The number of hydrogen-bond donors (Lipinski definition) is 1. The minimum absolute atomic E-state index is 0.0582. The average Bonchev–Trinajstić information content (AvgIpc) is 2.86. The van der Waals surface area contributed by atoms with Crippen molar-refractivity contribution in [3.8, 4) is 5.75 Å². The Labute approximate surface area is 197 Å². The van der Waals surface area contributed by atoms with Crippen molar-refractivity contribution in [1.82, 2.24) is 4.90 Å². The molecule has 3 aromatic rings. The maximum absolute atomic E-state index is 13.1. The highest BCUT2D eigenvalue weighted by atomic mass is 35.5. The van der Waals surface area contributed by atoms with Gasteiger partial charge < -0.3 is 19.9 Å². The number of ether oxygens (including phenoxy) is 1. The summed E-state index contributed by atoms with van der Waals surface area (Å²) in [6.45, 7) is 2.82. The molecular weight excluding hydrogens is 438 g/mol. The number of rotatable bonds is 3. The van der Waals surface area contributed by atoms with Gasteiger partial charge >= 0.3 is 0 Å². The number of para-hydroxylation sites is 1. The smallest absolute Gasteiger partial charge is 0.291 e. The largest absolute Gasteiger partial charge is 0.449 e. The van der Waals surface area contributed by atoms with E-state index in [1.54, 1.807) is 36.4 Å². The van der Waals surface area contributed by atoms with Crippen molar-refractivity contribution in [1.29, 1.82) is 0 Å². The van der Waals surface area contributed by atoms with E-state index in [2.05, 4.69) is 22.3 Å². The molecular formula is C26H22ClN3O3. The Balaban J connectivity index is 1.29.